The quantitative estimate of drug-likeness (QED) is 0.842. The predicted molar refractivity (Wildman–Crippen MR) is 67.3 cm³/mol. The molecule has 3 heterocycles. The zero-order valence-electron chi connectivity index (χ0n) is 10.2. The topological polar surface area (TPSA) is 51.4 Å². The Hall–Kier alpha value is -1.29. The van der Waals surface area contributed by atoms with Gasteiger partial charge in [-0.05, 0) is 37.8 Å². The Balaban J connectivity index is 1.94. The van der Waals surface area contributed by atoms with Crippen molar-refractivity contribution in [3.8, 4) is 5.75 Å². The zero-order chi connectivity index (χ0) is 11.8. The van der Waals surface area contributed by atoms with Crippen LogP contribution in [0.15, 0.2) is 18.3 Å². The van der Waals surface area contributed by atoms with E-state index in [0.29, 0.717) is 18.1 Å². The number of nitrogens with two attached hydrogens (primary N) is 1. The molecule has 2 atom stereocenters. The summed E-state index contributed by atoms with van der Waals surface area (Å²) in [6.07, 6.45) is 6.47. The van der Waals surface area contributed by atoms with E-state index in [1.54, 1.807) is 7.11 Å². The molecule has 0 radical (unpaired) electrons. The highest BCUT2D eigenvalue weighted by atomic mass is 16.5. The Bertz CT molecular complexity index is 395. The standard InChI is InChI=1S/C13H19N3O/c1-17-12-3-2-6-15-13(12)16-10-4-5-11(16)8-9(14)7-10/h2-3,6,9-11H,4-5,7-8,14H2,1H3. The molecule has 0 spiro atoms. The molecule has 17 heavy (non-hydrogen) atoms. The number of anilines is 1. The van der Waals surface area contributed by atoms with Crippen LogP contribution in [0.1, 0.15) is 25.7 Å². The molecule has 2 bridgehead atoms. The molecule has 2 unspecified atom stereocenters. The van der Waals surface area contributed by atoms with Crippen molar-refractivity contribution in [1.82, 2.24) is 4.98 Å². The van der Waals surface area contributed by atoms with Crippen molar-refractivity contribution in [3.63, 3.8) is 0 Å². The number of nitrogens with zero attached hydrogens (tertiary/aromatic N) is 2. The third kappa shape index (κ3) is 1.76. The largest absolute Gasteiger partial charge is 0.493 e. The van der Waals surface area contributed by atoms with Crippen LogP contribution in [-0.2, 0) is 0 Å². The summed E-state index contributed by atoms with van der Waals surface area (Å²) in [5.74, 6) is 1.87. The Morgan fingerprint density at radius 3 is 2.71 bits per heavy atom. The van der Waals surface area contributed by atoms with Gasteiger partial charge in [0.05, 0.1) is 7.11 Å². The van der Waals surface area contributed by atoms with Gasteiger partial charge in [0, 0.05) is 24.3 Å². The molecular weight excluding hydrogens is 214 g/mol. The fourth-order valence-electron chi connectivity index (χ4n) is 3.30. The van der Waals surface area contributed by atoms with E-state index in [4.69, 9.17) is 10.5 Å². The summed E-state index contributed by atoms with van der Waals surface area (Å²) >= 11 is 0. The van der Waals surface area contributed by atoms with Crippen LogP contribution >= 0.6 is 0 Å². The van der Waals surface area contributed by atoms with Gasteiger partial charge in [0.25, 0.3) is 0 Å². The van der Waals surface area contributed by atoms with Gasteiger partial charge in [0.1, 0.15) is 0 Å². The molecule has 4 heteroatoms. The van der Waals surface area contributed by atoms with E-state index in [0.717, 1.165) is 24.4 Å². The molecule has 2 aliphatic heterocycles. The summed E-state index contributed by atoms with van der Waals surface area (Å²) < 4.78 is 5.41. The average Bonchev–Trinajstić information content (AvgIpc) is 2.61. The van der Waals surface area contributed by atoms with Gasteiger partial charge >= 0.3 is 0 Å². The van der Waals surface area contributed by atoms with Crippen molar-refractivity contribution < 1.29 is 4.74 Å². The number of rotatable bonds is 2. The van der Waals surface area contributed by atoms with Crippen LogP contribution in [0.4, 0.5) is 5.82 Å². The number of methoxy groups -OCH3 is 1. The molecule has 3 rings (SSSR count). The van der Waals surface area contributed by atoms with Crippen molar-refractivity contribution in [2.45, 2.75) is 43.8 Å². The van der Waals surface area contributed by atoms with Crippen LogP contribution in [0.5, 0.6) is 5.75 Å². The zero-order valence-corrected chi connectivity index (χ0v) is 10.2. The number of pyridine rings is 1. The molecule has 0 aromatic carbocycles. The molecule has 2 fully saturated rings. The lowest BCUT2D eigenvalue weighted by Crippen LogP contribution is -2.48. The number of aromatic nitrogens is 1. The minimum atomic E-state index is 0.360. The molecule has 0 aliphatic carbocycles. The summed E-state index contributed by atoms with van der Waals surface area (Å²) in [6, 6.07) is 5.36. The number of fused-ring (bicyclic) bond motifs is 2. The first-order valence-corrected chi connectivity index (χ1v) is 6.32. The van der Waals surface area contributed by atoms with Gasteiger partial charge in [-0.3, -0.25) is 0 Å². The molecule has 92 valence electrons. The van der Waals surface area contributed by atoms with Crippen molar-refractivity contribution in [2.24, 2.45) is 5.73 Å². The van der Waals surface area contributed by atoms with Crippen molar-refractivity contribution >= 4 is 5.82 Å². The normalized spacial score (nSPS) is 31.6. The smallest absolute Gasteiger partial charge is 0.171 e. The molecule has 1 aromatic rings. The number of piperidine rings is 1. The lowest BCUT2D eigenvalue weighted by atomic mass is 9.98. The summed E-state index contributed by atoms with van der Waals surface area (Å²) in [5.41, 5.74) is 6.09. The minimum Gasteiger partial charge on any atom is -0.493 e. The summed E-state index contributed by atoms with van der Waals surface area (Å²) in [7, 11) is 1.71. The van der Waals surface area contributed by atoms with Crippen LogP contribution in [0, 0.1) is 0 Å². The molecule has 1 aromatic heterocycles. The van der Waals surface area contributed by atoms with Crippen LogP contribution in [0.25, 0.3) is 0 Å². The second-order valence-electron chi connectivity index (χ2n) is 5.05. The number of hydrogen-bond acceptors (Lipinski definition) is 4. The second-order valence-corrected chi connectivity index (χ2v) is 5.05. The summed E-state index contributed by atoms with van der Waals surface area (Å²) in [6.45, 7) is 0. The van der Waals surface area contributed by atoms with Gasteiger partial charge < -0.3 is 15.4 Å². The number of ether oxygens (including phenoxy) is 1. The maximum atomic E-state index is 6.09. The fraction of sp³-hybridized carbons (Fsp3) is 0.615. The second kappa shape index (κ2) is 4.18. The minimum absolute atomic E-state index is 0.360. The lowest BCUT2D eigenvalue weighted by Gasteiger charge is -2.39. The first-order chi connectivity index (χ1) is 8.29. The Kier molecular flexibility index (Phi) is 2.67. The maximum Gasteiger partial charge on any atom is 0.171 e. The highest BCUT2D eigenvalue weighted by Gasteiger charge is 2.41. The third-order valence-electron chi connectivity index (χ3n) is 3.98. The predicted octanol–water partition coefficient (Wildman–Crippen LogP) is 1.55. The van der Waals surface area contributed by atoms with Gasteiger partial charge in [-0.1, -0.05) is 0 Å². The summed E-state index contributed by atoms with van der Waals surface area (Å²) in [5, 5.41) is 0. The van der Waals surface area contributed by atoms with E-state index in [-0.39, 0.29) is 0 Å². The van der Waals surface area contributed by atoms with Crippen LogP contribution in [0.3, 0.4) is 0 Å². The Morgan fingerprint density at radius 2 is 2.06 bits per heavy atom. The van der Waals surface area contributed by atoms with Crippen LogP contribution < -0.4 is 15.4 Å². The Labute approximate surface area is 102 Å². The Morgan fingerprint density at radius 1 is 1.35 bits per heavy atom. The number of hydrogen-bond donors (Lipinski definition) is 1. The first kappa shape index (κ1) is 10.8. The van der Waals surface area contributed by atoms with Gasteiger partial charge in [-0.25, -0.2) is 4.98 Å². The van der Waals surface area contributed by atoms with Gasteiger partial charge in [0.2, 0.25) is 0 Å². The van der Waals surface area contributed by atoms with E-state index in [1.807, 2.05) is 18.3 Å². The maximum absolute atomic E-state index is 6.09. The SMILES string of the molecule is COc1cccnc1N1C2CCC1CC(N)C2. The van der Waals surface area contributed by atoms with E-state index in [2.05, 4.69) is 9.88 Å². The van der Waals surface area contributed by atoms with Crippen LogP contribution in [0.2, 0.25) is 0 Å². The van der Waals surface area contributed by atoms with E-state index >= 15 is 0 Å². The summed E-state index contributed by atoms with van der Waals surface area (Å²) in [4.78, 5) is 6.93. The molecule has 2 N–H and O–H groups in total. The van der Waals surface area contributed by atoms with E-state index in [9.17, 15) is 0 Å². The molecule has 2 aliphatic rings. The van der Waals surface area contributed by atoms with Gasteiger partial charge in [-0.2, -0.15) is 0 Å². The lowest BCUT2D eigenvalue weighted by molar-refractivity contribution is 0.387. The third-order valence-corrected chi connectivity index (χ3v) is 3.98. The fourth-order valence-corrected chi connectivity index (χ4v) is 3.30. The molecule has 2 saturated heterocycles. The molecular formula is C13H19N3O. The van der Waals surface area contributed by atoms with Crippen molar-refractivity contribution in [3.05, 3.63) is 18.3 Å². The highest BCUT2D eigenvalue weighted by Crippen LogP contribution is 2.41. The first-order valence-electron chi connectivity index (χ1n) is 6.32. The van der Waals surface area contributed by atoms with Crippen molar-refractivity contribution in [1.29, 1.82) is 0 Å². The van der Waals surface area contributed by atoms with Gasteiger partial charge in [-0.15, -0.1) is 0 Å². The average molecular weight is 233 g/mol. The molecule has 0 amide bonds. The van der Waals surface area contributed by atoms with Crippen LogP contribution in [-0.4, -0.2) is 30.2 Å². The van der Waals surface area contributed by atoms with Crippen molar-refractivity contribution in [2.75, 3.05) is 12.0 Å². The van der Waals surface area contributed by atoms with E-state index in [1.165, 1.54) is 12.8 Å². The highest BCUT2D eigenvalue weighted by molar-refractivity contribution is 5.55. The molecule has 4 nitrogen and oxygen atoms in total. The molecule has 0 saturated carbocycles. The van der Waals surface area contributed by atoms with E-state index < -0.39 is 0 Å². The monoisotopic (exact) mass is 233 g/mol. The van der Waals surface area contributed by atoms with Gasteiger partial charge in [0.15, 0.2) is 11.6 Å².